The van der Waals surface area contributed by atoms with Crippen LogP contribution in [0.4, 0.5) is 11.4 Å². The average Bonchev–Trinajstić information content (AvgIpc) is 2.67. The number of rotatable bonds is 6. The Morgan fingerprint density at radius 1 is 0.931 bits per heavy atom. The van der Waals surface area contributed by atoms with Gasteiger partial charge in [-0.3, -0.25) is 9.10 Å². The summed E-state index contributed by atoms with van der Waals surface area (Å²) >= 11 is 6.70. The lowest BCUT2D eigenvalue weighted by Gasteiger charge is -2.24. The molecule has 150 valence electrons. The number of nitrogens with one attached hydrogen (secondary N) is 1. The van der Waals surface area contributed by atoms with Crippen molar-refractivity contribution < 1.29 is 13.2 Å². The van der Waals surface area contributed by atoms with E-state index in [0.29, 0.717) is 11.4 Å². The molecule has 0 aliphatic carbocycles. The first-order chi connectivity index (χ1) is 13.8. The maximum atomic E-state index is 13.3. The van der Waals surface area contributed by atoms with Crippen LogP contribution in [0.3, 0.4) is 0 Å². The van der Waals surface area contributed by atoms with Crippen LogP contribution in [0.5, 0.6) is 0 Å². The van der Waals surface area contributed by atoms with E-state index in [2.05, 4.69) is 37.2 Å². The second kappa shape index (κ2) is 9.11. The quantitative estimate of drug-likeness (QED) is 0.460. The van der Waals surface area contributed by atoms with E-state index in [1.807, 2.05) is 13.0 Å². The molecule has 0 saturated carbocycles. The van der Waals surface area contributed by atoms with Crippen LogP contribution >= 0.6 is 31.9 Å². The maximum Gasteiger partial charge on any atom is 0.264 e. The first-order valence-electron chi connectivity index (χ1n) is 8.66. The molecule has 5 nitrogen and oxygen atoms in total. The number of anilines is 2. The zero-order valence-electron chi connectivity index (χ0n) is 15.5. The number of aryl methyl sites for hydroxylation is 1. The van der Waals surface area contributed by atoms with Gasteiger partial charge in [0.15, 0.2) is 0 Å². The van der Waals surface area contributed by atoms with E-state index >= 15 is 0 Å². The van der Waals surface area contributed by atoms with Crippen molar-refractivity contribution in [3.05, 3.63) is 87.3 Å². The smallest absolute Gasteiger partial charge is 0.264 e. The molecule has 0 aromatic heterocycles. The van der Waals surface area contributed by atoms with Crippen LogP contribution in [0.15, 0.2) is 86.6 Å². The van der Waals surface area contributed by atoms with Gasteiger partial charge in [-0.1, -0.05) is 55.6 Å². The number of amides is 1. The topological polar surface area (TPSA) is 66.5 Å². The molecule has 8 heteroatoms. The predicted molar refractivity (Wildman–Crippen MR) is 123 cm³/mol. The van der Waals surface area contributed by atoms with Crippen molar-refractivity contribution in [3.8, 4) is 0 Å². The molecule has 0 aliphatic rings. The highest BCUT2D eigenvalue weighted by Crippen LogP contribution is 2.26. The zero-order chi connectivity index (χ0) is 21.0. The van der Waals surface area contributed by atoms with Gasteiger partial charge in [-0.15, -0.1) is 0 Å². The molecule has 0 unspecified atom stereocenters. The van der Waals surface area contributed by atoms with Crippen LogP contribution < -0.4 is 9.62 Å². The standard InChI is InChI=1S/C21H18Br2N2O3S/c1-15-5-11-20(12-6-15)29(27,28)25(19-9-7-16(22)8-10-19)14-21(26)24-18-4-2-3-17(23)13-18/h2-13H,14H2,1H3,(H,24,26). The summed E-state index contributed by atoms with van der Waals surface area (Å²) in [6.07, 6.45) is 0. The Morgan fingerprint density at radius 2 is 1.59 bits per heavy atom. The summed E-state index contributed by atoms with van der Waals surface area (Å²) in [6, 6.07) is 20.4. The van der Waals surface area contributed by atoms with E-state index in [1.165, 1.54) is 0 Å². The predicted octanol–water partition coefficient (Wildman–Crippen LogP) is 5.35. The molecule has 0 aliphatic heterocycles. The first-order valence-corrected chi connectivity index (χ1v) is 11.7. The molecule has 0 spiro atoms. The van der Waals surface area contributed by atoms with Gasteiger partial charge in [-0.25, -0.2) is 8.42 Å². The number of carbonyl (C=O) groups is 1. The number of halogens is 2. The average molecular weight is 538 g/mol. The molecule has 0 bridgehead atoms. The highest BCUT2D eigenvalue weighted by molar-refractivity contribution is 9.10. The van der Waals surface area contributed by atoms with Crippen molar-refractivity contribution in [1.29, 1.82) is 0 Å². The first kappa shape index (κ1) is 21.5. The SMILES string of the molecule is Cc1ccc(S(=O)(=O)N(CC(=O)Nc2cccc(Br)c2)c2ccc(Br)cc2)cc1. The summed E-state index contributed by atoms with van der Waals surface area (Å²) in [5, 5.41) is 2.74. The van der Waals surface area contributed by atoms with Crippen molar-refractivity contribution in [1.82, 2.24) is 0 Å². The fourth-order valence-electron chi connectivity index (χ4n) is 2.66. The van der Waals surface area contributed by atoms with Gasteiger partial charge in [0.25, 0.3) is 10.0 Å². The molecule has 3 aromatic rings. The Balaban J connectivity index is 1.93. The van der Waals surface area contributed by atoms with Crippen LogP contribution in [0.1, 0.15) is 5.56 Å². The minimum atomic E-state index is -3.93. The van der Waals surface area contributed by atoms with E-state index in [1.54, 1.807) is 66.7 Å². The van der Waals surface area contributed by atoms with E-state index in [0.717, 1.165) is 18.8 Å². The van der Waals surface area contributed by atoms with Crippen LogP contribution in [-0.2, 0) is 14.8 Å². The summed E-state index contributed by atoms with van der Waals surface area (Å²) in [5.74, 6) is -0.443. The van der Waals surface area contributed by atoms with E-state index < -0.39 is 15.9 Å². The largest absolute Gasteiger partial charge is 0.324 e. The summed E-state index contributed by atoms with van der Waals surface area (Å²) in [5.41, 5.74) is 1.93. The Kier molecular flexibility index (Phi) is 6.77. The summed E-state index contributed by atoms with van der Waals surface area (Å²) in [4.78, 5) is 12.8. The number of hydrogen-bond donors (Lipinski definition) is 1. The molecule has 29 heavy (non-hydrogen) atoms. The Bertz CT molecular complexity index is 1120. The van der Waals surface area contributed by atoms with Crippen molar-refractivity contribution in [2.75, 3.05) is 16.2 Å². The lowest BCUT2D eigenvalue weighted by Crippen LogP contribution is -2.38. The van der Waals surface area contributed by atoms with Gasteiger partial charge < -0.3 is 5.32 Å². The van der Waals surface area contributed by atoms with Crippen LogP contribution in [-0.4, -0.2) is 20.9 Å². The third kappa shape index (κ3) is 5.46. The van der Waals surface area contributed by atoms with Gasteiger partial charge in [0.2, 0.25) is 5.91 Å². The van der Waals surface area contributed by atoms with E-state index in [9.17, 15) is 13.2 Å². The van der Waals surface area contributed by atoms with E-state index in [4.69, 9.17) is 0 Å². The lowest BCUT2D eigenvalue weighted by atomic mass is 10.2. The fourth-order valence-corrected chi connectivity index (χ4v) is 4.74. The molecule has 1 N–H and O–H groups in total. The van der Waals surface area contributed by atoms with Crippen molar-refractivity contribution >= 4 is 59.2 Å². The fraction of sp³-hybridized carbons (Fsp3) is 0.0952. The summed E-state index contributed by atoms with van der Waals surface area (Å²) in [7, 11) is -3.93. The monoisotopic (exact) mass is 536 g/mol. The highest BCUT2D eigenvalue weighted by Gasteiger charge is 2.27. The number of sulfonamides is 1. The number of nitrogens with zero attached hydrogens (tertiary/aromatic N) is 1. The van der Waals surface area contributed by atoms with Gasteiger partial charge in [-0.05, 0) is 61.5 Å². The normalized spacial score (nSPS) is 11.1. The van der Waals surface area contributed by atoms with E-state index in [-0.39, 0.29) is 11.4 Å². The highest BCUT2D eigenvalue weighted by atomic mass is 79.9. The maximum absolute atomic E-state index is 13.3. The third-order valence-corrected chi connectivity index (χ3v) is 6.93. The van der Waals surface area contributed by atoms with Crippen LogP contribution in [0, 0.1) is 6.92 Å². The lowest BCUT2D eigenvalue weighted by molar-refractivity contribution is -0.114. The van der Waals surface area contributed by atoms with Gasteiger partial charge in [0.05, 0.1) is 10.6 Å². The molecule has 3 aromatic carbocycles. The number of hydrogen-bond acceptors (Lipinski definition) is 3. The van der Waals surface area contributed by atoms with Crippen molar-refractivity contribution in [3.63, 3.8) is 0 Å². The van der Waals surface area contributed by atoms with Gasteiger partial charge in [0, 0.05) is 14.6 Å². The second-order valence-corrected chi connectivity index (χ2v) is 10.1. The van der Waals surface area contributed by atoms with Gasteiger partial charge >= 0.3 is 0 Å². The molecular formula is C21H18Br2N2O3S. The van der Waals surface area contributed by atoms with Gasteiger partial charge in [0.1, 0.15) is 6.54 Å². The molecule has 1 amide bonds. The minimum Gasteiger partial charge on any atom is -0.324 e. The Hall–Kier alpha value is -2.16. The summed E-state index contributed by atoms with van der Waals surface area (Å²) < 4.78 is 29.3. The molecule has 0 saturated heterocycles. The molecule has 0 radical (unpaired) electrons. The van der Waals surface area contributed by atoms with Crippen molar-refractivity contribution in [2.24, 2.45) is 0 Å². The molecule has 3 rings (SSSR count). The minimum absolute atomic E-state index is 0.126. The van der Waals surface area contributed by atoms with Crippen LogP contribution in [0.25, 0.3) is 0 Å². The number of benzene rings is 3. The molecule has 0 heterocycles. The van der Waals surface area contributed by atoms with Crippen LogP contribution in [0.2, 0.25) is 0 Å². The second-order valence-electron chi connectivity index (χ2n) is 6.36. The van der Waals surface area contributed by atoms with Gasteiger partial charge in [-0.2, -0.15) is 0 Å². The Morgan fingerprint density at radius 3 is 2.21 bits per heavy atom. The number of carbonyl (C=O) groups excluding carboxylic acids is 1. The molecule has 0 fully saturated rings. The molecule has 0 atom stereocenters. The Labute approximate surface area is 187 Å². The third-order valence-electron chi connectivity index (χ3n) is 4.12. The zero-order valence-corrected chi connectivity index (χ0v) is 19.5. The van der Waals surface area contributed by atoms with Crippen molar-refractivity contribution in [2.45, 2.75) is 11.8 Å². The summed E-state index contributed by atoms with van der Waals surface area (Å²) in [6.45, 7) is 1.53. The molecular weight excluding hydrogens is 520 g/mol.